The zero-order valence-corrected chi connectivity index (χ0v) is 17.2. The van der Waals surface area contributed by atoms with Crippen LogP contribution in [0.15, 0.2) is 16.3 Å². The molecule has 2 aliphatic rings. The van der Waals surface area contributed by atoms with Crippen molar-refractivity contribution < 1.29 is 13.2 Å². The lowest BCUT2D eigenvalue weighted by molar-refractivity contribution is -0.126. The van der Waals surface area contributed by atoms with Crippen molar-refractivity contribution in [3.8, 4) is 0 Å². The molecule has 1 aromatic heterocycles. The Morgan fingerprint density at radius 1 is 1.38 bits per heavy atom. The summed E-state index contributed by atoms with van der Waals surface area (Å²) in [6.07, 6.45) is 3.58. The number of carbonyl (C=O) groups excluding carboxylic acids is 1. The Balaban J connectivity index is 1.60. The van der Waals surface area contributed by atoms with Crippen molar-refractivity contribution in [2.45, 2.75) is 43.7 Å². The molecule has 0 spiro atoms. The van der Waals surface area contributed by atoms with Gasteiger partial charge in [-0.1, -0.05) is 6.92 Å². The Bertz CT molecular complexity index is 739. The molecule has 1 atom stereocenters. The molecule has 8 heteroatoms. The first-order valence-corrected chi connectivity index (χ1v) is 11.6. The number of thiophene rings is 1. The van der Waals surface area contributed by atoms with Crippen LogP contribution in [0.4, 0.5) is 0 Å². The highest BCUT2D eigenvalue weighted by Crippen LogP contribution is 2.29. The van der Waals surface area contributed by atoms with E-state index in [-0.39, 0.29) is 23.8 Å². The number of rotatable bonds is 5. The number of aryl methyl sites for hydroxylation is 1. The molecule has 0 saturated carbocycles. The zero-order valence-electron chi connectivity index (χ0n) is 15.6. The summed E-state index contributed by atoms with van der Waals surface area (Å²) in [6.45, 7) is 7.53. The molecule has 2 aliphatic heterocycles. The summed E-state index contributed by atoms with van der Waals surface area (Å²) in [5.41, 5.74) is 0.135. The van der Waals surface area contributed by atoms with E-state index in [1.165, 1.54) is 15.6 Å². The van der Waals surface area contributed by atoms with Crippen LogP contribution in [-0.2, 0) is 14.8 Å². The van der Waals surface area contributed by atoms with Gasteiger partial charge in [-0.15, -0.1) is 11.3 Å². The van der Waals surface area contributed by atoms with E-state index in [1.54, 1.807) is 6.07 Å². The number of piperidine rings is 2. The Kier molecular flexibility index (Phi) is 6.06. The van der Waals surface area contributed by atoms with Gasteiger partial charge < -0.3 is 10.6 Å². The molecule has 2 N–H and O–H groups in total. The van der Waals surface area contributed by atoms with E-state index in [1.807, 2.05) is 13.0 Å². The van der Waals surface area contributed by atoms with Gasteiger partial charge in [-0.3, -0.25) is 4.79 Å². The van der Waals surface area contributed by atoms with Crippen molar-refractivity contribution in [3.63, 3.8) is 0 Å². The van der Waals surface area contributed by atoms with Crippen molar-refractivity contribution in [1.29, 1.82) is 0 Å². The van der Waals surface area contributed by atoms with Gasteiger partial charge in [-0.25, -0.2) is 8.42 Å². The fraction of sp³-hybridized carbons (Fsp3) is 0.722. The van der Waals surface area contributed by atoms with Crippen molar-refractivity contribution in [2.75, 3.05) is 32.7 Å². The Labute approximate surface area is 160 Å². The third-order valence-electron chi connectivity index (χ3n) is 5.56. The fourth-order valence-corrected chi connectivity index (χ4v) is 6.67. The average molecular weight is 400 g/mol. The van der Waals surface area contributed by atoms with Crippen LogP contribution in [0.1, 0.15) is 37.5 Å². The van der Waals surface area contributed by atoms with Crippen LogP contribution in [-0.4, -0.2) is 51.4 Å². The van der Waals surface area contributed by atoms with Gasteiger partial charge >= 0.3 is 0 Å². The molecule has 1 amide bonds. The maximum Gasteiger partial charge on any atom is 0.252 e. The monoisotopic (exact) mass is 399 g/mol. The molecule has 3 heterocycles. The minimum absolute atomic E-state index is 0.00739. The summed E-state index contributed by atoms with van der Waals surface area (Å²) in [7, 11) is -3.49. The van der Waals surface area contributed by atoms with E-state index in [0.717, 1.165) is 43.6 Å². The topological polar surface area (TPSA) is 78.5 Å². The van der Waals surface area contributed by atoms with Crippen LogP contribution < -0.4 is 10.6 Å². The lowest BCUT2D eigenvalue weighted by Gasteiger charge is -2.35. The number of amides is 1. The lowest BCUT2D eigenvalue weighted by Crippen LogP contribution is -2.48. The number of hydrogen-bond donors (Lipinski definition) is 2. The Morgan fingerprint density at radius 2 is 2.12 bits per heavy atom. The van der Waals surface area contributed by atoms with Crippen LogP contribution in [0.2, 0.25) is 0 Å². The second kappa shape index (κ2) is 7.96. The summed E-state index contributed by atoms with van der Waals surface area (Å²) in [5.74, 6) is -0.267. The summed E-state index contributed by atoms with van der Waals surface area (Å²) in [6, 6.07) is 3.49. The van der Waals surface area contributed by atoms with E-state index in [2.05, 4.69) is 17.6 Å². The molecule has 2 fully saturated rings. The molecule has 0 aromatic carbocycles. The van der Waals surface area contributed by atoms with Crippen LogP contribution in [0.25, 0.3) is 0 Å². The van der Waals surface area contributed by atoms with E-state index in [4.69, 9.17) is 0 Å². The highest BCUT2D eigenvalue weighted by atomic mass is 32.2. The van der Waals surface area contributed by atoms with E-state index >= 15 is 0 Å². The van der Waals surface area contributed by atoms with Crippen molar-refractivity contribution in [3.05, 3.63) is 17.0 Å². The first kappa shape index (κ1) is 19.8. The predicted octanol–water partition coefficient (Wildman–Crippen LogP) is 1.96. The van der Waals surface area contributed by atoms with Gasteiger partial charge in [-0.2, -0.15) is 4.31 Å². The number of sulfonamides is 1. The van der Waals surface area contributed by atoms with Crippen LogP contribution in [0, 0.1) is 18.3 Å². The van der Waals surface area contributed by atoms with E-state index < -0.39 is 10.0 Å². The molecular formula is C18H29N3O3S2. The number of hydrogen-bond acceptors (Lipinski definition) is 5. The van der Waals surface area contributed by atoms with Gasteiger partial charge in [0, 0.05) is 24.5 Å². The molecule has 1 aromatic rings. The molecule has 3 rings (SSSR count). The SMILES string of the molecule is Cc1ccc(S(=O)(=O)N2CCCC(C(=O)NCC3(C)CCNCC3)C2)s1. The van der Waals surface area contributed by atoms with Crippen molar-refractivity contribution in [2.24, 2.45) is 11.3 Å². The molecule has 0 radical (unpaired) electrons. The summed E-state index contributed by atoms with van der Waals surface area (Å²) in [4.78, 5) is 13.6. The third kappa shape index (κ3) is 4.47. The first-order valence-electron chi connectivity index (χ1n) is 9.35. The smallest absolute Gasteiger partial charge is 0.252 e. The fourth-order valence-electron chi connectivity index (χ4n) is 3.70. The Morgan fingerprint density at radius 3 is 2.77 bits per heavy atom. The van der Waals surface area contributed by atoms with Gasteiger partial charge in [0.25, 0.3) is 10.0 Å². The predicted molar refractivity (Wildman–Crippen MR) is 104 cm³/mol. The molecule has 146 valence electrons. The van der Waals surface area contributed by atoms with Gasteiger partial charge in [0.05, 0.1) is 5.92 Å². The van der Waals surface area contributed by atoms with Gasteiger partial charge in [0.1, 0.15) is 4.21 Å². The average Bonchev–Trinajstić information content (AvgIpc) is 3.08. The molecule has 1 unspecified atom stereocenters. The molecule has 2 saturated heterocycles. The molecular weight excluding hydrogens is 370 g/mol. The normalized spacial score (nSPS) is 24.3. The number of carbonyl (C=O) groups is 1. The van der Waals surface area contributed by atoms with E-state index in [9.17, 15) is 13.2 Å². The lowest BCUT2D eigenvalue weighted by atomic mass is 9.81. The second-order valence-electron chi connectivity index (χ2n) is 7.85. The largest absolute Gasteiger partial charge is 0.355 e. The van der Waals surface area contributed by atoms with Gasteiger partial charge in [0.2, 0.25) is 5.91 Å². The second-order valence-corrected chi connectivity index (χ2v) is 11.3. The van der Waals surface area contributed by atoms with Crippen LogP contribution in [0.5, 0.6) is 0 Å². The number of nitrogens with one attached hydrogen (secondary N) is 2. The maximum absolute atomic E-state index is 12.8. The summed E-state index contributed by atoms with van der Waals surface area (Å²) in [5, 5.41) is 6.44. The van der Waals surface area contributed by atoms with Crippen LogP contribution >= 0.6 is 11.3 Å². The third-order valence-corrected chi connectivity index (χ3v) is 8.90. The first-order chi connectivity index (χ1) is 12.3. The van der Waals surface area contributed by atoms with Crippen molar-refractivity contribution >= 4 is 27.3 Å². The van der Waals surface area contributed by atoms with E-state index in [0.29, 0.717) is 17.3 Å². The highest BCUT2D eigenvalue weighted by Gasteiger charge is 2.35. The Hall–Kier alpha value is -0.960. The maximum atomic E-state index is 12.8. The molecule has 26 heavy (non-hydrogen) atoms. The molecule has 0 bridgehead atoms. The summed E-state index contributed by atoms with van der Waals surface area (Å²) >= 11 is 1.29. The quantitative estimate of drug-likeness (QED) is 0.793. The van der Waals surface area contributed by atoms with Gasteiger partial charge in [0.15, 0.2) is 0 Å². The standard InChI is InChI=1S/C18H29N3O3S2/c1-14-5-6-16(25-14)26(23,24)21-11-3-4-15(12-21)17(22)20-13-18(2)7-9-19-10-8-18/h5-6,15,19H,3-4,7-13H2,1-2H3,(H,20,22). The van der Waals surface area contributed by atoms with Crippen molar-refractivity contribution in [1.82, 2.24) is 14.9 Å². The molecule has 0 aliphatic carbocycles. The zero-order chi connectivity index (χ0) is 18.8. The minimum Gasteiger partial charge on any atom is -0.355 e. The highest BCUT2D eigenvalue weighted by molar-refractivity contribution is 7.91. The van der Waals surface area contributed by atoms with Crippen LogP contribution in [0.3, 0.4) is 0 Å². The summed E-state index contributed by atoms with van der Waals surface area (Å²) < 4.78 is 27.5. The molecule has 6 nitrogen and oxygen atoms in total. The van der Waals surface area contributed by atoms with Gasteiger partial charge in [-0.05, 0) is 63.2 Å². The minimum atomic E-state index is -3.49. The number of nitrogens with zero attached hydrogens (tertiary/aromatic N) is 1.